The molecule has 0 radical (unpaired) electrons. The van der Waals surface area contributed by atoms with Gasteiger partial charge in [0.05, 0.1) is 0 Å². The van der Waals surface area contributed by atoms with Gasteiger partial charge in [0.2, 0.25) is 0 Å². The van der Waals surface area contributed by atoms with Gasteiger partial charge in [0.15, 0.2) is 0 Å². The third-order valence-corrected chi connectivity index (χ3v) is 4.00. The SMILES string of the molecule is CC(C)(C)C1CCC(=NNC(=O)c2ccccn2)CC1. The molecule has 1 fully saturated rings. The standard InChI is InChI=1S/C16H23N3O/c1-16(2,3)12-7-9-13(10-8-12)18-19-15(20)14-6-4-5-11-17-14/h4-6,11-12H,7-10H2,1-3H3,(H,19,20). The second-order valence-electron chi connectivity index (χ2n) is 6.47. The number of carbonyl (C=O) groups excluding carboxylic acids is 1. The van der Waals surface area contributed by atoms with Crippen molar-refractivity contribution in [2.24, 2.45) is 16.4 Å². The third-order valence-electron chi connectivity index (χ3n) is 4.00. The molecule has 1 aliphatic carbocycles. The summed E-state index contributed by atoms with van der Waals surface area (Å²) in [6.07, 6.45) is 5.87. The van der Waals surface area contributed by atoms with Crippen LogP contribution in [0.2, 0.25) is 0 Å². The fourth-order valence-corrected chi connectivity index (χ4v) is 2.61. The number of hydrogen-bond acceptors (Lipinski definition) is 3. The van der Waals surface area contributed by atoms with E-state index >= 15 is 0 Å². The van der Waals surface area contributed by atoms with Crippen LogP contribution in [0.15, 0.2) is 29.5 Å². The number of hydrogen-bond donors (Lipinski definition) is 1. The van der Waals surface area contributed by atoms with Crippen molar-refractivity contribution in [1.29, 1.82) is 0 Å². The zero-order valence-electron chi connectivity index (χ0n) is 12.5. The minimum atomic E-state index is -0.240. The molecule has 1 aromatic rings. The molecule has 0 aromatic carbocycles. The lowest BCUT2D eigenvalue weighted by atomic mass is 9.72. The Labute approximate surface area is 120 Å². The average Bonchev–Trinajstić information content (AvgIpc) is 2.45. The molecule has 20 heavy (non-hydrogen) atoms. The Morgan fingerprint density at radius 1 is 1.30 bits per heavy atom. The summed E-state index contributed by atoms with van der Waals surface area (Å²) in [7, 11) is 0. The molecule has 1 aliphatic rings. The fraction of sp³-hybridized carbons (Fsp3) is 0.562. The zero-order valence-corrected chi connectivity index (χ0v) is 12.5. The van der Waals surface area contributed by atoms with Gasteiger partial charge in [-0.25, -0.2) is 5.43 Å². The normalized spacial score (nSPS) is 19.6. The van der Waals surface area contributed by atoms with Crippen LogP contribution in [-0.4, -0.2) is 16.6 Å². The molecule has 1 amide bonds. The van der Waals surface area contributed by atoms with Crippen molar-refractivity contribution in [2.45, 2.75) is 46.5 Å². The molecule has 0 unspecified atom stereocenters. The van der Waals surface area contributed by atoms with Crippen molar-refractivity contribution in [3.63, 3.8) is 0 Å². The number of rotatable bonds is 2. The molecule has 108 valence electrons. The highest BCUT2D eigenvalue weighted by Gasteiger charge is 2.28. The van der Waals surface area contributed by atoms with Crippen LogP contribution < -0.4 is 5.43 Å². The van der Waals surface area contributed by atoms with Gasteiger partial charge in [0, 0.05) is 11.9 Å². The van der Waals surface area contributed by atoms with Crippen molar-refractivity contribution < 1.29 is 4.79 Å². The van der Waals surface area contributed by atoms with Crippen molar-refractivity contribution >= 4 is 11.6 Å². The summed E-state index contributed by atoms with van der Waals surface area (Å²) in [6, 6.07) is 5.27. The van der Waals surface area contributed by atoms with E-state index in [9.17, 15) is 4.79 Å². The Bertz CT molecular complexity index is 478. The number of carbonyl (C=O) groups is 1. The lowest BCUT2D eigenvalue weighted by Crippen LogP contribution is -2.27. The molecule has 2 rings (SSSR count). The highest BCUT2D eigenvalue weighted by atomic mass is 16.2. The molecular weight excluding hydrogens is 250 g/mol. The van der Waals surface area contributed by atoms with Crippen LogP contribution in [0.4, 0.5) is 0 Å². The summed E-state index contributed by atoms with van der Waals surface area (Å²) < 4.78 is 0. The van der Waals surface area contributed by atoms with Gasteiger partial charge >= 0.3 is 0 Å². The van der Waals surface area contributed by atoms with Crippen molar-refractivity contribution in [3.8, 4) is 0 Å². The van der Waals surface area contributed by atoms with E-state index in [0.29, 0.717) is 11.1 Å². The summed E-state index contributed by atoms with van der Waals surface area (Å²) in [6.45, 7) is 6.88. The first kappa shape index (κ1) is 14.7. The van der Waals surface area contributed by atoms with Crippen molar-refractivity contribution in [1.82, 2.24) is 10.4 Å². The molecule has 1 aromatic heterocycles. The molecule has 0 bridgehead atoms. The first-order valence-corrected chi connectivity index (χ1v) is 7.23. The van der Waals surface area contributed by atoms with Crippen molar-refractivity contribution in [2.75, 3.05) is 0 Å². The lowest BCUT2D eigenvalue weighted by Gasteiger charge is -2.34. The highest BCUT2D eigenvalue weighted by molar-refractivity contribution is 5.93. The quantitative estimate of drug-likeness (QED) is 0.840. The summed E-state index contributed by atoms with van der Waals surface area (Å²) in [5.41, 5.74) is 4.47. The number of hydrazone groups is 1. The van der Waals surface area contributed by atoms with E-state index in [1.54, 1.807) is 24.4 Å². The van der Waals surface area contributed by atoms with E-state index in [0.717, 1.165) is 37.3 Å². The molecule has 4 nitrogen and oxygen atoms in total. The fourth-order valence-electron chi connectivity index (χ4n) is 2.61. The minimum absolute atomic E-state index is 0.240. The van der Waals surface area contributed by atoms with Crippen LogP contribution in [0.1, 0.15) is 56.9 Å². The van der Waals surface area contributed by atoms with Gasteiger partial charge in [-0.3, -0.25) is 9.78 Å². The Kier molecular flexibility index (Phi) is 4.53. The lowest BCUT2D eigenvalue weighted by molar-refractivity contribution is 0.0949. The second kappa shape index (κ2) is 6.16. The van der Waals surface area contributed by atoms with Gasteiger partial charge in [0.25, 0.3) is 5.91 Å². The van der Waals surface area contributed by atoms with E-state index in [4.69, 9.17) is 0 Å². The predicted molar refractivity (Wildman–Crippen MR) is 80.6 cm³/mol. The monoisotopic (exact) mass is 273 g/mol. The molecule has 1 heterocycles. The van der Waals surface area contributed by atoms with Gasteiger partial charge < -0.3 is 0 Å². The topological polar surface area (TPSA) is 54.4 Å². The molecule has 0 saturated heterocycles. The largest absolute Gasteiger partial charge is 0.289 e. The van der Waals surface area contributed by atoms with Gasteiger partial charge in [-0.1, -0.05) is 26.8 Å². The van der Waals surface area contributed by atoms with Crippen molar-refractivity contribution in [3.05, 3.63) is 30.1 Å². The van der Waals surface area contributed by atoms with E-state index in [2.05, 4.69) is 36.3 Å². The third kappa shape index (κ3) is 3.89. The first-order valence-electron chi connectivity index (χ1n) is 7.23. The summed E-state index contributed by atoms with van der Waals surface area (Å²) in [4.78, 5) is 15.8. The van der Waals surface area contributed by atoms with Gasteiger partial charge in [-0.15, -0.1) is 0 Å². The number of nitrogens with one attached hydrogen (secondary N) is 1. The maximum Gasteiger partial charge on any atom is 0.289 e. The zero-order chi connectivity index (χ0) is 14.6. The Balaban J connectivity index is 1.87. The molecule has 1 saturated carbocycles. The number of nitrogens with zero attached hydrogens (tertiary/aromatic N) is 2. The Morgan fingerprint density at radius 2 is 2.00 bits per heavy atom. The highest BCUT2D eigenvalue weighted by Crippen LogP contribution is 2.36. The maximum atomic E-state index is 11.8. The molecule has 4 heteroatoms. The number of pyridine rings is 1. The van der Waals surface area contributed by atoms with E-state index < -0.39 is 0 Å². The van der Waals surface area contributed by atoms with E-state index in [1.807, 2.05) is 0 Å². The van der Waals surface area contributed by atoms with Crippen LogP contribution in [0, 0.1) is 11.3 Å². The molecule has 0 spiro atoms. The predicted octanol–water partition coefficient (Wildman–Crippen LogP) is 3.40. The van der Waals surface area contributed by atoms with Gasteiger partial charge in [-0.2, -0.15) is 5.10 Å². The summed E-state index contributed by atoms with van der Waals surface area (Å²) >= 11 is 0. The molecule has 0 atom stereocenters. The molecule has 1 N–H and O–H groups in total. The number of aromatic nitrogens is 1. The smallest absolute Gasteiger partial charge is 0.266 e. The van der Waals surface area contributed by atoms with E-state index in [1.165, 1.54) is 0 Å². The minimum Gasteiger partial charge on any atom is -0.266 e. The van der Waals surface area contributed by atoms with Crippen LogP contribution in [0.25, 0.3) is 0 Å². The summed E-state index contributed by atoms with van der Waals surface area (Å²) in [5.74, 6) is 0.504. The first-order chi connectivity index (χ1) is 9.47. The second-order valence-corrected chi connectivity index (χ2v) is 6.47. The van der Waals surface area contributed by atoms with Gasteiger partial charge in [0.1, 0.15) is 5.69 Å². The number of amides is 1. The Morgan fingerprint density at radius 3 is 2.55 bits per heavy atom. The maximum absolute atomic E-state index is 11.8. The molecular formula is C16H23N3O. The van der Waals surface area contributed by atoms with Gasteiger partial charge in [-0.05, 0) is 49.1 Å². The Hall–Kier alpha value is -1.71. The van der Waals surface area contributed by atoms with E-state index in [-0.39, 0.29) is 5.91 Å². The summed E-state index contributed by atoms with van der Waals surface area (Å²) in [5, 5.41) is 4.25. The average molecular weight is 273 g/mol. The molecule has 0 aliphatic heterocycles. The van der Waals surface area contributed by atoms with Crippen LogP contribution in [0.5, 0.6) is 0 Å². The van der Waals surface area contributed by atoms with Crippen LogP contribution >= 0.6 is 0 Å². The van der Waals surface area contributed by atoms with Crippen LogP contribution in [-0.2, 0) is 0 Å². The van der Waals surface area contributed by atoms with Crippen LogP contribution in [0.3, 0.4) is 0 Å².